The molecule has 1 N–H and O–H groups in total. The fourth-order valence-electron chi connectivity index (χ4n) is 3.44. The van der Waals surface area contributed by atoms with Gasteiger partial charge in [-0.3, -0.25) is 9.59 Å². The molecule has 7 heteroatoms. The summed E-state index contributed by atoms with van der Waals surface area (Å²) in [5.41, 5.74) is 0.876. The molecule has 0 bridgehead atoms. The average Bonchev–Trinajstić information content (AvgIpc) is 3.03. The Balaban J connectivity index is 1.85. The number of carbonyl (C=O) groups is 2. The minimum atomic E-state index is -0.856. The summed E-state index contributed by atoms with van der Waals surface area (Å²) in [5, 5.41) is 3.78. The lowest BCUT2D eigenvalue weighted by Gasteiger charge is -2.27. The van der Waals surface area contributed by atoms with Crippen LogP contribution in [0.1, 0.15) is 36.8 Å². The smallest absolute Gasteiger partial charge is 0.256 e. The Bertz CT molecular complexity index is 982. The summed E-state index contributed by atoms with van der Waals surface area (Å²) in [6.07, 6.45) is 0. The van der Waals surface area contributed by atoms with Crippen molar-refractivity contribution in [3.05, 3.63) is 41.6 Å². The third kappa shape index (κ3) is 3.17. The summed E-state index contributed by atoms with van der Waals surface area (Å²) < 4.78 is 0. The number of rotatable bonds is 3. The SMILES string of the molecule is CC(C)C1(C)N=C(c2nc3ccccc3cc2C(=O)N2CCSCC2)NC1=O. The van der Waals surface area contributed by atoms with Crippen molar-refractivity contribution in [1.82, 2.24) is 15.2 Å². The van der Waals surface area contributed by atoms with Gasteiger partial charge in [0.05, 0.1) is 11.1 Å². The third-order valence-electron chi connectivity index (χ3n) is 5.64. The molecule has 2 aliphatic heterocycles. The minimum absolute atomic E-state index is 0.0312. The second-order valence-electron chi connectivity index (χ2n) is 7.70. The molecule has 0 spiro atoms. The van der Waals surface area contributed by atoms with Crippen LogP contribution in [0.4, 0.5) is 0 Å². The Kier molecular flexibility index (Phi) is 4.87. The maximum absolute atomic E-state index is 13.3. The van der Waals surface area contributed by atoms with Crippen molar-refractivity contribution in [2.75, 3.05) is 24.6 Å². The molecule has 0 aliphatic carbocycles. The number of nitrogens with one attached hydrogen (secondary N) is 1. The maximum atomic E-state index is 13.3. The quantitative estimate of drug-likeness (QED) is 0.866. The third-order valence-corrected chi connectivity index (χ3v) is 6.58. The molecular formula is C21H24N4O2S. The molecule has 1 atom stereocenters. The predicted molar refractivity (Wildman–Crippen MR) is 113 cm³/mol. The van der Waals surface area contributed by atoms with Crippen LogP contribution >= 0.6 is 11.8 Å². The molecule has 1 saturated heterocycles. The number of fused-ring (bicyclic) bond motifs is 1. The van der Waals surface area contributed by atoms with E-state index in [2.05, 4.69) is 10.3 Å². The molecule has 0 saturated carbocycles. The van der Waals surface area contributed by atoms with E-state index >= 15 is 0 Å². The molecule has 3 heterocycles. The highest BCUT2D eigenvalue weighted by atomic mass is 32.2. The topological polar surface area (TPSA) is 74.7 Å². The Hall–Kier alpha value is -2.41. The first-order chi connectivity index (χ1) is 13.4. The van der Waals surface area contributed by atoms with Crippen LogP contribution in [0.25, 0.3) is 10.9 Å². The van der Waals surface area contributed by atoms with Gasteiger partial charge in [0.2, 0.25) is 0 Å². The lowest BCUT2D eigenvalue weighted by molar-refractivity contribution is -0.124. The highest BCUT2D eigenvalue weighted by Gasteiger charge is 2.43. The molecule has 1 aromatic heterocycles. The van der Waals surface area contributed by atoms with Gasteiger partial charge in [0.25, 0.3) is 11.8 Å². The first-order valence-corrected chi connectivity index (χ1v) is 10.7. The van der Waals surface area contributed by atoms with Crippen LogP contribution in [0, 0.1) is 5.92 Å². The molecule has 28 heavy (non-hydrogen) atoms. The summed E-state index contributed by atoms with van der Waals surface area (Å²) in [6.45, 7) is 7.20. The van der Waals surface area contributed by atoms with Crippen LogP contribution < -0.4 is 5.32 Å². The fourth-order valence-corrected chi connectivity index (χ4v) is 4.35. The lowest BCUT2D eigenvalue weighted by Crippen LogP contribution is -2.42. The average molecular weight is 397 g/mol. The van der Waals surface area contributed by atoms with E-state index in [9.17, 15) is 9.59 Å². The van der Waals surface area contributed by atoms with Crippen LogP contribution in [0.3, 0.4) is 0 Å². The van der Waals surface area contributed by atoms with Crippen LogP contribution in [0.2, 0.25) is 0 Å². The van der Waals surface area contributed by atoms with E-state index in [0.717, 1.165) is 35.5 Å². The first-order valence-electron chi connectivity index (χ1n) is 9.58. The number of thioether (sulfide) groups is 1. The van der Waals surface area contributed by atoms with E-state index in [1.807, 2.05) is 67.8 Å². The van der Waals surface area contributed by atoms with Gasteiger partial charge in [-0.15, -0.1) is 0 Å². The van der Waals surface area contributed by atoms with Gasteiger partial charge in [-0.1, -0.05) is 32.0 Å². The summed E-state index contributed by atoms with van der Waals surface area (Å²) >= 11 is 1.86. The molecule has 0 radical (unpaired) electrons. The Morgan fingerprint density at radius 1 is 1.25 bits per heavy atom. The Morgan fingerprint density at radius 2 is 1.96 bits per heavy atom. The van der Waals surface area contributed by atoms with Crippen LogP contribution in [-0.2, 0) is 4.79 Å². The van der Waals surface area contributed by atoms with Gasteiger partial charge >= 0.3 is 0 Å². The number of aromatic nitrogens is 1. The number of benzene rings is 1. The molecule has 4 rings (SSSR count). The van der Waals surface area contributed by atoms with Crippen molar-refractivity contribution >= 4 is 40.3 Å². The Morgan fingerprint density at radius 3 is 2.64 bits per heavy atom. The number of aliphatic imine (C=N–C) groups is 1. The molecule has 2 aromatic rings. The molecule has 146 valence electrons. The van der Waals surface area contributed by atoms with Crippen LogP contribution in [-0.4, -0.2) is 57.7 Å². The molecular weight excluding hydrogens is 372 g/mol. The van der Waals surface area contributed by atoms with E-state index in [1.165, 1.54) is 0 Å². The highest BCUT2D eigenvalue weighted by molar-refractivity contribution is 7.99. The normalized spacial score (nSPS) is 22.5. The van der Waals surface area contributed by atoms with Crippen LogP contribution in [0.15, 0.2) is 35.3 Å². The van der Waals surface area contributed by atoms with E-state index in [4.69, 9.17) is 4.98 Å². The second kappa shape index (κ2) is 7.20. The number of hydrogen-bond donors (Lipinski definition) is 1. The number of amidine groups is 1. The van der Waals surface area contributed by atoms with Crippen molar-refractivity contribution < 1.29 is 9.59 Å². The predicted octanol–water partition coefficient (Wildman–Crippen LogP) is 2.71. The number of amides is 2. The van der Waals surface area contributed by atoms with Crippen molar-refractivity contribution in [3.8, 4) is 0 Å². The summed E-state index contributed by atoms with van der Waals surface area (Å²) in [5.74, 6) is 2.09. The van der Waals surface area contributed by atoms with E-state index in [-0.39, 0.29) is 17.7 Å². The highest BCUT2D eigenvalue weighted by Crippen LogP contribution is 2.28. The largest absolute Gasteiger partial charge is 0.337 e. The molecule has 1 fully saturated rings. The number of nitrogens with zero attached hydrogens (tertiary/aromatic N) is 3. The van der Waals surface area contributed by atoms with Gasteiger partial charge in [0.15, 0.2) is 5.84 Å². The van der Waals surface area contributed by atoms with E-state index in [0.29, 0.717) is 17.1 Å². The molecule has 1 aromatic carbocycles. The number of para-hydroxylation sites is 1. The summed E-state index contributed by atoms with van der Waals surface area (Å²) in [6, 6.07) is 9.57. The molecule has 2 amide bonds. The molecule has 2 aliphatic rings. The number of carbonyl (C=O) groups excluding carboxylic acids is 2. The van der Waals surface area contributed by atoms with Gasteiger partial charge in [0, 0.05) is 30.0 Å². The van der Waals surface area contributed by atoms with Crippen molar-refractivity contribution in [3.63, 3.8) is 0 Å². The van der Waals surface area contributed by atoms with Gasteiger partial charge in [-0.2, -0.15) is 11.8 Å². The van der Waals surface area contributed by atoms with Crippen LogP contribution in [0.5, 0.6) is 0 Å². The maximum Gasteiger partial charge on any atom is 0.256 e. The lowest BCUT2D eigenvalue weighted by atomic mass is 9.89. The van der Waals surface area contributed by atoms with Crippen molar-refractivity contribution in [2.24, 2.45) is 10.9 Å². The van der Waals surface area contributed by atoms with E-state index < -0.39 is 5.54 Å². The number of pyridine rings is 1. The standard InChI is InChI=1S/C21H24N4O2S/c1-13(2)21(3)20(27)23-18(24-21)17-15(19(26)25-8-10-28-11-9-25)12-14-6-4-5-7-16(14)22-17/h4-7,12-13H,8-11H2,1-3H3,(H,23,24,27). The van der Waals surface area contributed by atoms with Gasteiger partial charge in [-0.05, 0) is 25.0 Å². The Labute approximate surface area is 168 Å². The second-order valence-corrected chi connectivity index (χ2v) is 8.92. The number of hydrogen-bond acceptors (Lipinski definition) is 5. The van der Waals surface area contributed by atoms with E-state index in [1.54, 1.807) is 0 Å². The molecule has 6 nitrogen and oxygen atoms in total. The summed E-state index contributed by atoms with van der Waals surface area (Å²) in [4.78, 5) is 37.2. The zero-order chi connectivity index (χ0) is 19.9. The monoisotopic (exact) mass is 396 g/mol. The van der Waals surface area contributed by atoms with Crippen molar-refractivity contribution in [1.29, 1.82) is 0 Å². The van der Waals surface area contributed by atoms with Gasteiger partial charge < -0.3 is 10.2 Å². The summed E-state index contributed by atoms with van der Waals surface area (Å²) in [7, 11) is 0. The van der Waals surface area contributed by atoms with Crippen molar-refractivity contribution in [2.45, 2.75) is 26.3 Å². The van der Waals surface area contributed by atoms with Gasteiger partial charge in [0.1, 0.15) is 11.2 Å². The first kappa shape index (κ1) is 18.9. The fraction of sp³-hybridized carbons (Fsp3) is 0.429. The minimum Gasteiger partial charge on any atom is -0.337 e. The zero-order valence-electron chi connectivity index (χ0n) is 16.4. The molecule has 1 unspecified atom stereocenters. The van der Waals surface area contributed by atoms with Gasteiger partial charge in [-0.25, -0.2) is 9.98 Å². The zero-order valence-corrected chi connectivity index (χ0v) is 17.2.